The van der Waals surface area contributed by atoms with Crippen LogP contribution in [-0.2, 0) is 22.9 Å². The Kier molecular flexibility index (Phi) is 10.1. The van der Waals surface area contributed by atoms with Crippen LogP contribution < -0.4 is 5.32 Å². The zero-order chi connectivity index (χ0) is 21.6. The van der Waals surface area contributed by atoms with E-state index in [0.717, 1.165) is 19.0 Å². The molecule has 2 saturated heterocycles. The summed E-state index contributed by atoms with van der Waals surface area (Å²) in [7, 11) is -3.06. The number of hydrogen-bond donors (Lipinski definition) is 1. The average molecular weight is 563 g/mol. The minimum absolute atomic E-state index is 0. The molecule has 176 valence electrons. The normalized spacial score (nSPS) is 21.8. The van der Waals surface area contributed by atoms with Crippen molar-refractivity contribution in [2.24, 2.45) is 4.99 Å². The van der Waals surface area contributed by atoms with Crippen LogP contribution in [0.4, 0.5) is 0 Å². The second-order valence-corrected chi connectivity index (χ2v) is 11.9. The zero-order valence-electron chi connectivity index (χ0n) is 19.3. The van der Waals surface area contributed by atoms with Gasteiger partial charge in [-0.25, -0.2) is 13.4 Å². The molecule has 1 aromatic rings. The third-order valence-corrected chi connectivity index (χ3v) is 8.72. The first-order valence-corrected chi connectivity index (χ1v) is 13.0. The van der Waals surface area contributed by atoms with Crippen LogP contribution in [0.1, 0.15) is 57.6 Å². The highest BCUT2D eigenvalue weighted by molar-refractivity contribution is 14.0. The van der Waals surface area contributed by atoms with Gasteiger partial charge in [-0.1, -0.05) is 37.1 Å². The number of likely N-dealkylation sites (tertiary alicyclic amines) is 1. The fourth-order valence-electron chi connectivity index (χ4n) is 4.30. The minimum Gasteiger partial charge on any atom is -0.357 e. The fourth-order valence-corrected chi connectivity index (χ4v) is 5.66. The lowest BCUT2D eigenvalue weighted by Gasteiger charge is -2.39. The van der Waals surface area contributed by atoms with E-state index in [1.54, 1.807) is 0 Å². The van der Waals surface area contributed by atoms with E-state index in [1.807, 2.05) is 20.8 Å². The first-order valence-electron chi connectivity index (χ1n) is 11.4. The van der Waals surface area contributed by atoms with E-state index in [2.05, 4.69) is 39.4 Å². The quantitative estimate of drug-likeness (QED) is 0.337. The molecule has 2 aliphatic rings. The van der Waals surface area contributed by atoms with Gasteiger partial charge in [-0.3, -0.25) is 4.90 Å². The molecule has 0 unspecified atom stereocenters. The predicted octanol–water partition coefficient (Wildman–Crippen LogP) is 3.66. The lowest BCUT2D eigenvalue weighted by atomic mass is 10.1. The molecule has 6 nitrogen and oxygen atoms in total. The highest BCUT2D eigenvalue weighted by Gasteiger charge is 2.40. The molecule has 1 N–H and O–H groups in total. The largest absolute Gasteiger partial charge is 0.357 e. The third-order valence-electron chi connectivity index (χ3n) is 6.19. The van der Waals surface area contributed by atoms with Gasteiger partial charge in [-0.15, -0.1) is 24.0 Å². The summed E-state index contributed by atoms with van der Waals surface area (Å²) < 4.78 is 23.9. The van der Waals surface area contributed by atoms with Gasteiger partial charge in [0.1, 0.15) is 0 Å². The average Bonchev–Trinajstić information content (AvgIpc) is 2.96. The Balaban J connectivity index is 0.00000341. The maximum absolute atomic E-state index is 12.3. The summed E-state index contributed by atoms with van der Waals surface area (Å²) >= 11 is 0. The first kappa shape index (κ1) is 26.4. The number of nitrogens with zero attached hydrogens (tertiary/aromatic N) is 3. The number of sulfone groups is 1. The molecular weight excluding hydrogens is 523 g/mol. The monoisotopic (exact) mass is 562 g/mol. The topological polar surface area (TPSA) is 65.0 Å². The van der Waals surface area contributed by atoms with Gasteiger partial charge < -0.3 is 10.2 Å². The molecule has 2 aliphatic heterocycles. The summed E-state index contributed by atoms with van der Waals surface area (Å²) in [5.41, 5.74) is 2.54. The lowest BCUT2D eigenvalue weighted by molar-refractivity contribution is 0.277. The number of guanidine groups is 1. The molecule has 0 atom stereocenters. The van der Waals surface area contributed by atoms with Crippen molar-refractivity contribution in [3.8, 4) is 0 Å². The van der Waals surface area contributed by atoms with Gasteiger partial charge in [0, 0.05) is 26.2 Å². The Morgan fingerprint density at radius 1 is 1.10 bits per heavy atom. The number of rotatable bonds is 5. The highest BCUT2D eigenvalue weighted by atomic mass is 127. The van der Waals surface area contributed by atoms with Crippen molar-refractivity contribution in [2.75, 3.05) is 38.5 Å². The Hall–Kier alpha value is -0.870. The molecule has 0 aliphatic carbocycles. The van der Waals surface area contributed by atoms with E-state index in [-0.39, 0.29) is 29.7 Å². The molecule has 2 fully saturated rings. The smallest absolute Gasteiger partial charge is 0.194 e. The van der Waals surface area contributed by atoms with Gasteiger partial charge >= 0.3 is 0 Å². The zero-order valence-corrected chi connectivity index (χ0v) is 22.4. The summed E-state index contributed by atoms with van der Waals surface area (Å²) in [6, 6.07) is 8.73. The Bertz CT molecular complexity index is 834. The van der Waals surface area contributed by atoms with Gasteiger partial charge in [0.2, 0.25) is 0 Å². The van der Waals surface area contributed by atoms with Crippen LogP contribution in [0.25, 0.3) is 0 Å². The van der Waals surface area contributed by atoms with E-state index in [4.69, 9.17) is 4.99 Å². The van der Waals surface area contributed by atoms with Crippen LogP contribution in [-0.4, -0.2) is 67.4 Å². The van der Waals surface area contributed by atoms with Crippen molar-refractivity contribution in [3.63, 3.8) is 0 Å². The third kappa shape index (κ3) is 7.32. The molecule has 31 heavy (non-hydrogen) atoms. The standard InChI is InChI=1S/C23H38N4O2S.HI/c1-4-24-22(27-14-15-30(28,29)23(2,3)19-27)25-17-20-10-9-11-21(16-20)18-26-12-7-5-6-8-13-26;/h9-11,16H,4-8,12-15,17-19H2,1-3H3,(H,24,25);1H. The van der Waals surface area contributed by atoms with E-state index < -0.39 is 14.6 Å². The van der Waals surface area contributed by atoms with Crippen molar-refractivity contribution in [1.29, 1.82) is 0 Å². The number of aliphatic imine (C=N–C) groups is 1. The molecule has 0 aromatic heterocycles. The number of benzene rings is 1. The Morgan fingerprint density at radius 3 is 2.42 bits per heavy atom. The van der Waals surface area contributed by atoms with Crippen LogP contribution in [0.3, 0.4) is 0 Å². The number of nitrogens with one attached hydrogen (secondary N) is 1. The molecule has 8 heteroatoms. The summed E-state index contributed by atoms with van der Waals surface area (Å²) in [4.78, 5) is 9.50. The number of hydrogen-bond acceptors (Lipinski definition) is 4. The molecule has 1 aromatic carbocycles. The highest BCUT2D eigenvalue weighted by Crippen LogP contribution is 2.24. The van der Waals surface area contributed by atoms with Crippen LogP contribution in [0.2, 0.25) is 0 Å². The van der Waals surface area contributed by atoms with Crippen molar-refractivity contribution in [1.82, 2.24) is 15.1 Å². The van der Waals surface area contributed by atoms with E-state index in [0.29, 0.717) is 19.6 Å². The molecule has 0 saturated carbocycles. The SMILES string of the molecule is CCNC(=NCc1cccc(CN2CCCCCC2)c1)N1CCS(=O)(=O)C(C)(C)C1.I. The number of halogens is 1. The first-order chi connectivity index (χ1) is 14.3. The van der Waals surface area contributed by atoms with E-state index >= 15 is 0 Å². The van der Waals surface area contributed by atoms with Crippen molar-refractivity contribution in [3.05, 3.63) is 35.4 Å². The van der Waals surface area contributed by atoms with Crippen molar-refractivity contribution < 1.29 is 8.42 Å². The second kappa shape index (κ2) is 11.8. The molecular formula is C23H39IN4O2S. The van der Waals surface area contributed by atoms with Gasteiger partial charge in [-0.05, 0) is 57.8 Å². The van der Waals surface area contributed by atoms with Gasteiger partial charge in [0.15, 0.2) is 15.8 Å². The molecule has 2 heterocycles. The molecule has 0 spiro atoms. The predicted molar refractivity (Wildman–Crippen MR) is 140 cm³/mol. The molecule has 0 radical (unpaired) electrons. The maximum Gasteiger partial charge on any atom is 0.194 e. The van der Waals surface area contributed by atoms with Gasteiger partial charge in [0.05, 0.1) is 17.0 Å². The Labute approximate surface area is 205 Å². The van der Waals surface area contributed by atoms with Crippen LogP contribution in [0.15, 0.2) is 29.3 Å². The van der Waals surface area contributed by atoms with Crippen molar-refractivity contribution >= 4 is 39.8 Å². The van der Waals surface area contributed by atoms with E-state index in [9.17, 15) is 8.42 Å². The lowest BCUT2D eigenvalue weighted by Crippen LogP contribution is -2.57. The molecule has 0 amide bonds. The minimum atomic E-state index is -3.06. The molecule has 0 bridgehead atoms. The van der Waals surface area contributed by atoms with Gasteiger partial charge in [0.25, 0.3) is 0 Å². The summed E-state index contributed by atoms with van der Waals surface area (Å²) in [6.45, 7) is 11.4. The summed E-state index contributed by atoms with van der Waals surface area (Å²) in [6.07, 6.45) is 5.32. The summed E-state index contributed by atoms with van der Waals surface area (Å²) in [5.74, 6) is 0.980. The maximum atomic E-state index is 12.3. The Morgan fingerprint density at radius 2 is 1.77 bits per heavy atom. The van der Waals surface area contributed by atoms with Crippen LogP contribution >= 0.6 is 24.0 Å². The fraction of sp³-hybridized carbons (Fsp3) is 0.696. The summed E-state index contributed by atoms with van der Waals surface area (Å²) in [5, 5.41) is 3.35. The molecule has 3 rings (SSSR count). The van der Waals surface area contributed by atoms with Crippen molar-refractivity contribution in [2.45, 2.75) is 64.3 Å². The second-order valence-electron chi connectivity index (χ2n) is 9.18. The van der Waals surface area contributed by atoms with E-state index in [1.165, 1.54) is 49.9 Å². The van der Waals surface area contributed by atoms with Crippen LogP contribution in [0.5, 0.6) is 0 Å². The van der Waals surface area contributed by atoms with Gasteiger partial charge in [-0.2, -0.15) is 0 Å². The van der Waals surface area contributed by atoms with Crippen LogP contribution in [0, 0.1) is 0 Å².